The predicted octanol–water partition coefficient (Wildman–Crippen LogP) is 0.863. The van der Waals surface area contributed by atoms with Gasteiger partial charge in [0.1, 0.15) is 5.82 Å². The first-order valence-electron chi connectivity index (χ1n) is 5.64. The van der Waals surface area contributed by atoms with Crippen LogP contribution in [0.5, 0.6) is 0 Å². The molecule has 0 spiro atoms. The number of rotatable bonds is 6. The van der Waals surface area contributed by atoms with E-state index in [4.69, 9.17) is 5.73 Å². The van der Waals surface area contributed by atoms with Gasteiger partial charge in [-0.15, -0.1) is 0 Å². The molecule has 0 aliphatic heterocycles. The van der Waals surface area contributed by atoms with Gasteiger partial charge < -0.3 is 16.4 Å². The second-order valence-electron chi connectivity index (χ2n) is 3.71. The first-order valence-corrected chi connectivity index (χ1v) is 5.64. The zero-order valence-electron chi connectivity index (χ0n) is 10.1. The Morgan fingerprint density at radius 1 is 1.39 bits per heavy atom. The summed E-state index contributed by atoms with van der Waals surface area (Å²) in [7, 11) is 0. The van der Waals surface area contributed by atoms with Gasteiger partial charge in [-0.2, -0.15) is 0 Å². The Hall–Kier alpha value is -1.95. The number of carbonyl (C=O) groups excluding carboxylic acids is 2. The van der Waals surface area contributed by atoms with Gasteiger partial charge in [0.05, 0.1) is 5.56 Å². The molecule has 0 aliphatic rings. The van der Waals surface area contributed by atoms with Gasteiger partial charge in [0.15, 0.2) is 0 Å². The average Bonchev–Trinajstić information content (AvgIpc) is 2.31. The van der Waals surface area contributed by atoms with Crippen molar-refractivity contribution in [2.24, 2.45) is 5.73 Å². The largest absolute Gasteiger partial charge is 0.366 e. The second-order valence-corrected chi connectivity index (χ2v) is 3.71. The summed E-state index contributed by atoms with van der Waals surface area (Å²) in [6, 6.07) is 3.70. The third kappa shape index (κ3) is 4.14. The Morgan fingerprint density at radius 2 is 2.11 bits per heavy atom. The Labute approximate surface area is 105 Å². The molecule has 0 radical (unpaired) electrons. The number of nitrogens with two attached hydrogens (primary N) is 1. The third-order valence-corrected chi connectivity index (χ3v) is 2.29. The van der Waals surface area contributed by atoms with Crippen molar-refractivity contribution in [2.75, 3.05) is 18.4 Å². The van der Waals surface area contributed by atoms with Crippen molar-refractivity contribution < 1.29 is 14.0 Å². The molecular formula is C12H16FN3O2. The van der Waals surface area contributed by atoms with Crippen LogP contribution in [0.25, 0.3) is 0 Å². The number of hydrogen-bond acceptors (Lipinski definition) is 3. The normalized spacial score (nSPS) is 10.1. The maximum atomic E-state index is 13.2. The van der Waals surface area contributed by atoms with Crippen molar-refractivity contribution in [3.63, 3.8) is 0 Å². The van der Waals surface area contributed by atoms with Crippen molar-refractivity contribution in [2.45, 2.75) is 13.3 Å². The molecule has 0 saturated heterocycles. The van der Waals surface area contributed by atoms with Crippen LogP contribution < -0.4 is 16.4 Å². The molecule has 0 aromatic heterocycles. The summed E-state index contributed by atoms with van der Waals surface area (Å²) >= 11 is 0. The Balaban J connectivity index is 2.65. The van der Waals surface area contributed by atoms with E-state index in [2.05, 4.69) is 10.6 Å². The number of carbonyl (C=O) groups is 2. The molecule has 6 heteroatoms. The Kier molecular flexibility index (Phi) is 5.26. The molecule has 0 atom stereocenters. The predicted molar refractivity (Wildman–Crippen MR) is 66.7 cm³/mol. The molecule has 1 rings (SSSR count). The van der Waals surface area contributed by atoms with Gasteiger partial charge in [-0.05, 0) is 24.7 Å². The molecule has 1 aromatic carbocycles. The minimum absolute atomic E-state index is 0.210. The smallest absolute Gasteiger partial charge is 0.251 e. The van der Waals surface area contributed by atoms with Crippen LogP contribution in [0.2, 0.25) is 0 Å². The van der Waals surface area contributed by atoms with Crippen LogP contribution in [0.15, 0.2) is 18.2 Å². The van der Waals surface area contributed by atoms with Gasteiger partial charge in [0.25, 0.3) is 5.91 Å². The van der Waals surface area contributed by atoms with Gasteiger partial charge in [-0.3, -0.25) is 9.59 Å². The van der Waals surface area contributed by atoms with E-state index in [0.717, 1.165) is 12.6 Å². The van der Waals surface area contributed by atoms with E-state index < -0.39 is 11.7 Å². The molecule has 0 heterocycles. The molecule has 5 nitrogen and oxygen atoms in total. The lowest BCUT2D eigenvalue weighted by atomic mass is 10.1. The van der Waals surface area contributed by atoms with Crippen molar-refractivity contribution in [1.29, 1.82) is 0 Å². The van der Waals surface area contributed by atoms with E-state index in [1.165, 1.54) is 12.1 Å². The fraction of sp³-hybridized carbons (Fsp3) is 0.333. The molecule has 0 saturated carbocycles. The van der Waals surface area contributed by atoms with Crippen molar-refractivity contribution in [3.8, 4) is 0 Å². The lowest BCUT2D eigenvalue weighted by Gasteiger charge is -2.07. The summed E-state index contributed by atoms with van der Waals surface area (Å²) in [5, 5.41) is 5.58. The molecule has 0 aliphatic carbocycles. The second kappa shape index (κ2) is 6.70. The summed E-state index contributed by atoms with van der Waals surface area (Å²) in [6.45, 7) is 3.29. The molecule has 0 fully saturated rings. The Morgan fingerprint density at radius 3 is 2.72 bits per heavy atom. The summed E-state index contributed by atoms with van der Waals surface area (Å²) in [6.07, 6.45) is 0.303. The zero-order valence-corrected chi connectivity index (χ0v) is 10.1. The lowest BCUT2D eigenvalue weighted by Crippen LogP contribution is -2.21. The van der Waals surface area contributed by atoms with Gasteiger partial charge >= 0.3 is 0 Å². The number of primary amides is 1. The SMILES string of the molecule is CCNCCC(=O)Nc1ccc(F)c(C(N)=O)c1. The topological polar surface area (TPSA) is 84.2 Å². The molecular weight excluding hydrogens is 237 g/mol. The van der Waals surface area contributed by atoms with Gasteiger partial charge in [0, 0.05) is 18.7 Å². The molecule has 98 valence electrons. The van der Waals surface area contributed by atoms with E-state index in [0.29, 0.717) is 18.7 Å². The summed E-state index contributed by atoms with van der Waals surface area (Å²) < 4.78 is 13.2. The van der Waals surface area contributed by atoms with Gasteiger partial charge in [-0.25, -0.2) is 4.39 Å². The van der Waals surface area contributed by atoms with Crippen LogP contribution in [0.1, 0.15) is 23.7 Å². The minimum Gasteiger partial charge on any atom is -0.366 e. The standard InChI is InChI=1S/C12H16FN3O2/c1-2-15-6-5-11(17)16-8-3-4-10(13)9(7-8)12(14)18/h3-4,7,15H,2,5-6H2,1H3,(H2,14,18)(H,16,17). The van der Waals surface area contributed by atoms with Crippen LogP contribution in [0, 0.1) is 5.82 Å². The van der Waals surface area contributed by atoms with Crippen LogP contribution in [-0.2, 0) is 4.79 Å². The summed E-state index contributed by atoms with van der Waals surface area (Å²) in [5.74, 6) is -1.78. The highest BCUT2D eigenvalue weighted by molar-refractivity contribution is 5.96. The summed E-state index contributed by atoms with van der Waals surface area (Å²) in [4.78, 5) is 22.4. The fourth-order valence-corrected chi connectivity index (χ4v) is 1.39. The van der Waals surface area contributed by atoms with E-state index >= 15 is 0 Å². The molecule has 0 unspecified atom stereocenters. The average molecular weight is 253 g/mol. The van der Waals surface area contributed by atoms with E-state index in [-0.39, 0.29) is 11.5 Å². The molecule has 2 amide bonds. The number of halogens is 1. The van der Waals surface area contributed by atoms with Crippen LogP contribution in [0.4, 0.5) is 10.1 Å². The van der Waals surface area contributed by atoms with Crippen LogP contribution >= 0.6 is 0 Å². The van der Waals surface area contributed by atoms with Gasteiger partial charge in [0.2, 0.25) is 5.91 Å². The quantitative estimate of drug-likeness (QED) is 0.657. The Bertz CT molecular complexity index is 449. The van der Waals surface area contributed by atoms with E-state index in [1.807, 2.05) is 6.92 Å². The monoisotopic (exact) mass is 253 g/mol. The molecule has 0 bridgehead atoms. The molecule has 18 heavy (non-hydrogen) atoms. The van der Waals surface area contributed by atoms with Crippen molar-refractivity contribution in [3.05, 3.63) is 29.6 Å². The number of benzene rings is 1. The highest BCUT2D eigenvalue weighted by Gasteiger charge is 2.10. The lowest BCUT2D eigenvalue weighted by molar-refractivity contribution is -0.116. The first kappa shape index (κ1) is 14.1. The van der Waals surface area contributed by atoms with Crippen LogP contribution in [-0.4, -0.2) is 24.9 Å². The van der Waals surface area contributed by atoms with Crippen LogP contribution in [0.3, 0.4) is 0 Å². The number of anilines is 1. The fourth-order valence-electron chi connectivity index (χ4n) is 1.39. The number of amides is 2. The molecule has 4 N–H and O–H groups in total. The van der Waals surface area contributed by atoms with E-state index in [9.17, 15) is 14.0 Å². The number of nitrogens with one attached hydrogen (secondary N) is 2. The third-order valence-electron chi connectivity index (χ3n) is 2.29. The van der Waals surface area contributed by atoms with E-state index in [1.54, 1.807) is 0 Å². The maximum Gasteiger partial charge on any atom is 0.251 e. The number of hydrogen-bond donors (Lipinski definition) is 3. The maximum absolute atomic E-state index is 13.2. The van der Waals surface area contributed by atoms with Crippen molar-refractivity contribution in [1.82, 2.24) is 5.32 Å². The minimum atomic E-state index is -0.865. The van der Waals surface area contributed by atoms with Gasteiger partial charge in [-0.1, -0.05) is 6.92 Å². The zero-order chi connectivity index (χ0) is 13.5. The summed E-state index contributed by atoms with van der Waals surface area (Å²) in [5.41, 5.74) is 5.13. The highest BCUT2D eigenvalue weighted by Crippen LogP contribution is 2.14. The highest BCUT2D eigenvalue weighted by atomic mass is 19.1. The van der Waals surface area contributed by atoms with Crippen molar-refractivity contribution >= 4 is 17.5 Å². The molecule has 1 aromatic rings. The first-order chi connectivity index (χ1) is 8.54.